The predicted octanol–water partition coefficient (Wildman–Crippen LogP) is 11.8. The highest BCUT2D eigenvalue weighted by atomic mass is 14.4. The summed E-state index contributed by atoms with van der Waals surface area (Å²) >= 11 is 0. The number of fused-ring (bicyclic) bond motifs is 9. The number of hydrogen-bond acceptors (Lipinski definition) is 0. The lowest BCUT2D eigenvalue weighted by molar-refractivity contribution is 0.585. The van der Waals surface area contributed by atoms with Crippen molar-refractivity contribution in [2.24, 2.45) is 11.8 Å². The second kappa shape index (κ2) is 10.4. The molecule has 0 amide bonds. The summed E-state index contributed by atoms with van der Waals surface area (Å²) in [7, 11) is 0. The molecule has 0 N–H and O–H groups in total. The van der Waals surface area contributed by atoms with Crippen molar-refractivity contribution in [3.05, 3.63) is 171 Å². The lowest BCUT2D eigenvalue weighted by Gasteiger charge is -2.37. The van der Waals surface area contributed by atoms with Gasteiger partial charge in [-0.25, -0.2) is 0 Å². The zero-order chi connectivity index (χ0) is 30.2. The summed E-state index contributed by atoms with van der Waals surface area (Å²) in [5.41, 5.74) is 18.1. The van der Waals surface area contributed by atoms with Gasteiger partial charge in [-0.05, 0) is 140 Å². The van der Waals surface area contributed by atoms with E-state index in [1.807, 2.05) is 0 Å². The monoisotopic (exact) mass is 590 g/mol. The molecule has 0 aliphatic heterocycles. The molecule has 6 aliphatic carbocycles. The fourth-order valence-electron chi connectivity index (χ4n) is 9.22. The summed E-state index contributed by atoms with van der Waals surface area (Å²) in [4.78, 5) is 0. The maximum Gasteiger partial charge on any atom is 0.0128 e. The molecular weight excluding hydrogens is 553 g/mol. The van der Waals surface area contributed by atoms with Gasteiger partial charge in [0.25, 0.3) is 0 Å². The van der Waals surface area contributed by atoms with E-state index in [-0.39, 0.29) is 0 Å². The average Bonchev–Trinajstić information content (AvgIpc) is 3.13. The van der Waals surface area contributed by atoms with Gasteiger partial charge in [0.05, 0.1) is 0 Å². The van der Waals surface area contributed by atoms with Crippen molar-refractivity contribution in [1.82, 2.24) is 0 Å². The first kappa shape index (κ1) is 26.5. The molecule has 0 heteroatoms. The average molecular weight is 591 g/mol. The quantitative estimate of drug-likeness (QED) is 0.204. The number of allylic oxidation sites excluding steroid dienone is 14. The maximum absolute atomic E-state index is 2.59. The smallest absolute Gasteiger partial charge is 0.0128 e. The molecule has 0 heterocycles. The van der Waals surface area contributed by atoms with Crippen LogP contribution < -0.4 is 0 Å². The molecule has 4 aromatic carbocycles. The Morgan fingerprint density at radius 1 is 0.500 bits per heavy atom. The normalized spacial score (nSPS) is 22.9. The van der Waals surface area contributed by atoms with Crippen molar-refractivity contribution >= 4 is 39.3 Å². The third kappa shape index (κ3) is 4.19. The van der Waals surface area contributed by atoms with Gasteiger partial charge in [-0.1, -0.05) is 121 Å². The molecular formula is C46H38. The van der Waals surface area contributed by atoms with Gasteiger partial charge in [-0.15, -0.1) is 0 Å². The SMILES string of the molecule is C1=CC2=C(C=CC3C4=C(C=CC23)CCC(C2=Cc3ccc(C5=Cc6c(ccc7c6ccc6ccccc67)CC5)cc3CC2)=C4)CC1. The van der Waals surface area contributed by atoms with Crippen LogP contribution in [0.5, 0.6) is 0 Å². The third-order valence-electron chi connectivity index (χ3n) is 11.7. The Morgan fingerprint density at radius 3 is 2.24 bits per heavy atom. The summed E-state index contributed by atoms with van der Waals surface area (Å²) in [6.45, 7) is 0. The Bertz CT molecular complexity index is 2250. The third-order valence-corrected chi connectivity index (χ3v) is 11.7. The van der Waals surface area contributed by atoms with Crippen molar-refractivity contribution < 1.29 is 0 Å². The van der Waals surface area contributed by atoms with Crippen LogP contribution in [0.15, 0.2) is 143 Å². The zero-order valence-corrected chi connectivity index (χ0v) is 26.4. The van der Waals surface area contributed by atoms with Crippen LogP contribution in [-0.2, 0) is 12.8 Å². The van der Waals surface area contributed by atoms with Crippen LogP contribution in [0.25, 0.3) is 39.3 Å². The van der Waals surface area contributed by atoms with Crippen LogP contribution in [0, 0.1) is 11.8 Å². The highest BCUT2D eigenvalue weighted by Crippen LogP contribution is 2.47. The van der Waals surface area contributed by atoms with E-state index in [9.17, 15) is 0 Å². The summed E-state index contributed by atoms with van der Waals surface area (Å²) in [6, 6.07) is 25.4. The lowest BCUT2D eigenvalue weighted by atomic mass is 9.67. The predicted molar refractivity (Wildman–Crippen MR) is 195 cm³/mol. The van der Waals surface area contributed by atoms with Gasteiger partial charge in [-0.3, -0.25) is 0 Å². The Morgan fingerprint density at radius 2 is 1.28 bits per heavy atom. The molecule has 6 aliphatic rings. The van der Waals surface area contributed by atoms with Gasteiger partial charge in [0.2, 0.25) is 0 Å². The molecule has 2 unspecified atom stereocenters. The number of benzene rings is 4. The molecule has 0 fully saturated rings. The Kier molecular flexibility index (Phi) is 6.01. The molecule has 0 nitrogen and oxygen atoms in total. The Labute approximate surface area is 272 Å². The highest BCUT2D eigenvalue weighted by Gasteiger charge is 2.33. The van der Waals surface area contributed by atoms with Crippen LogP contribution in [0.3, 0.4) is 0 Å². The van der Waals surface area contributed by atoms with Crippen molar-refractivity contribution in [2.75, 3.05) is 0 Å². The number of aryl methyl sites for hydroxylation is 2. The minimum absolute atomic E-state index is 0.487. The van der Waals surface area contributed by atoms with E-state index in [0.717, 1.165) is 32.1 Å². The molecule has 0 spiro atoms. The fraction of sp³-hybridized carbons (Fsp3) is 0.217. The fourth-order valence-corrected chi connectivity index (χ4v) is 9.22. The molecule has 4 aromatic rings. The Balaban J connectivity index is 0.958. The van der Waals surface area contributed by atoms with Gasteiger partial charge in [0.1, 0.15) is 0 Å². The molecule has 0 saturated carbocycles. The summed E-state index contributed by atoms with van der Waals surface area (Å²) in [5, 5.41) is 5.42. The van der Waals surface area contributed by atoms with Crippen LogP contribution in [-0.4, -0.2) is 0 Å². The summed E-state index contributed by atoms with van der Waals surface area (Å²) in [6.07, 6.45) is 31.5. The van der Waals surface area contributed by atoms with E-state index in [4.69, 9.17) is 0 Å². The van der Waals surface area contributed by atoms with Gasteiger partial charge in [0.15, 0.2) is 0 Å². The molecule has 0 saturated heterocycles. The topological polar surface area (TPSA) is 0 Å². The molecule has 2 atom stereocenters. The highest BCUT2D eigenvalue weighted by molar-refractivity contribution is 6.11. The largest absolute Gasteiger partial charge is 0.0839 e. The van der Waals surface area contributed by atoms with Crippen molar-refractivity contribution in [1.29, 1.82) is 0 Å². The van der Waals surface area contributed by atoms with Gasteiger partial charge in [-0.2, -0.15) is 0 Å². The van der Waals surface area contributed by atoms with Crippen LogP contribution >= 0.6 is 0 Å². The summed E-state index contributed by atoms with van der Waals surface area (Å²) in [5.74, 6) is 0.990. The lowest BCUT2D eigenvalue weighted by Crippen LogP contribution is -2.24. The van der Waals surface area contributed by atoms with E-state index in [1.165, 1.54) is 74.2 Å². The van der Waals surface area contributed by atoms with Gasteiger partial charge in [0, 0.05) is 11.8 Å². The first-order valence-electron chi connectivity index (χ1n) is 17.4. The van der Waals surface area contributed by atoms with Crippen LogP contribution in [0.4, 0.5) is 0 Å². The first-order chi connectivity index (χ1) is 22.8. The van der Waals surface area contributed by atoms with E-state index in [2.05, 4.69) is 121 Å². The van der Waals surface area contributed by atoms with Crippen LogP contribution in [0.1, 0.15) is 66.3 Å². The maximum atomic E-state index is 2.59. The van der Waals surface area contributed by atoms with Crippen LogP contribution in [0.2, 0.25) is 0 Å². The minimum atomic E-state index is 0.487. The summed E-state index contributed by atoms with van der Waals surface area (Å²) < 4.78 is 0. The number of hydrogen-bond donors (Lipinski definition) is 0. The molecule has 10 rings (SSSR count). The standard InChI is InChI=1S/C46H38/c1-3-7-39-29(5-1)17-23-43-41(39)21-19-31-9-11-37(27-45(31)43)35-15-13-34-26-36(16-14-33(34)25-35)38-12-10-32-20-22-42-40-8-4-2-6-30(40)18-24-44(42)46(32)28-38/h1,3-5,7-8,13,15,17-28,42,44H,2,6,9-12,14,16H2. The molecule has 0 bridgehead atoms. The van der Waals surface area contributed by atoms with E-state index in [0.29, 0.717) is 11.8 Å². The van der Waals surface area contributed by atoms with E-state index in [1.54, 1.807) is 33.4 Å². The van der Waals surface area contributed by atoms with E-state index < -0.39 is 0 Å². The second-order valence-corrected chi connectivity index (χ2v) is 14.1. The molecule has 222 valence electrons. The van der Waals surface area contributed by atoms with Gasteiger partial charge >= 0.3 is 0 Å². The molecule has 46 heavy (non-hydrogen) atoms. The molecule has 0 radical (unpaired) electrons. The first-order valence-corrected chi connectivity index (χ1v) is 17.4. The Hall–Kier alpha value is -4.68. The van der Waals surface area contributed by atoms with Crippen molar-refractivity contribution in [3.63, 3.8) is 0 Å². The van der Waals surface area contributed by atoms with E-state index >= 15 is 0 Å². The minimum Gasteiger partial charge on any atom is -0.0839 e. The van der Waals surface area contributed by atoms with Crippen molar-refractivity contribution in [2.45, 2.75) is 51.4 Å². The second-order valence-electron chi connectivity index (χ2n) is 14.1. The van der Waals surface area contributed by atoms with Crippen molar-refractivity contribution in [3.8, 4) is 0 Å². The van der Waals surface area contributed by atoms with Gasteiger partial charge < -0.3 is 0 Å². The number of rotatable bonds is 2. The molecule has 0 aromatic heterocycles. The zero-order valence-electron chi connectivity index (χ0n) is 26.4.